The summed E-state index contributed by atoms with van der Waals surface area (Å²) in [5.74, 6) is 0.126. The van der Waals surface area contributed by atoms with Gasteiger partial charge in [-0.2, -0.15) is 0 Å². The number of sulfone groups is 1. The first-order valence-corrected chi connectivity index (χ1v) is 7.92. The minimum Gasteiger partial charge on any atom is -0.457 e. The summed E-state index contributed by atoms with van der Waals surface area (Å²) in [6.45, 7) is 1.50. The first-order chi connectivity index (χ1) is 9.32. The third-order valence-corrected chi connectivity index (χ3v) is 4.64. The van der Waals surface area contributed by atoms with E-state index in [1.54, 1.807) is 11.6 Å². The van der Waals surface area contributed by atoms with Crippen molar-refractivity contribution < 1.29 is 12.8 Å². The van der Waals surface area contributed by atoms with Crippen LogP contribution in [0.3, 0.4) is 0 Å². The molecule has 2 aromatic heterocycles. The summed E-state index contributed by atoms with van der Waals surface area (Å²) in [4.78, 5) is 12.3. The molecule has 0 amide bonds. The highest BCUT2D eigenvalue weighted by atomic mass is 32.2. The van der Waals surface area contributed by atoms with Crippen LogP contribution in [-0.4, -0.2) is 19.2 Å². The molecule has 0 saturated heterocycles. The second-order valence-corrected chi connectivity index (χ2v) is 6.80. The van der Waals surface area contributed by atoms with Crippen LogP contribution in [-0.2, 0) is 16.9 Å². The molecule has 0 saturated carbocycles. The van der Waals surface area contributed by atoms with Gasteiger partial charge in [-0.3, -0.25) is 4.79 Å². The van der Waals surface area contributed by atoms with E-state index in [2.05, 4.69) is 0 Å². The lowest BCUT2D eigenvalue weighted by atomic mass is 10.2. The van der Waals surface area contributed by atoms with E-state index in [-0.39, 0.29) is 16.2 Å². The van der Waals surface area contributed by atoms with Gasteiger partial charge in [0.15, 0.2) is 20.3 Å². The summed E-state index contributed by atoms with van der Waals surface area (Å²) in [6.07, 6.45) is 1.01. The fourth-order valence-electron chi connectivity index (χ4n) is 2.61. The van der Waals surface area contributed by atoms with Crippen LogP contribution in [0.15, 0.2) is 38.4 Å². The monoisotopic (exact) mass is 291 g/mol. The van der Waals surface area contributed by atoms with Crippen LogP contribution in [0.25, 0.3) is 22.0 Å². The smallest absolute Gasteiger partial charge is 0.228 e. The predicted molar refractivity (Wildman–Crippen MR) is 76.8 cm³/mol. The van der Waals surface area contributed by atoms with Crippen molar-refractivity contribution in [2.45, 2.75) is 11.8 Å². The molecule has 104 valence electrons. The fraction of sp³-hybridized carbons (Fsp3) is 0.214. The van der Waals surface area contributed by atoms with Gasteiger partial charge in [0.1, 0.15) is 11.3 Å². The molecule has 1 aromatic carbocycles. The molecule has 0 spiro atoms. The van der Waals surface area contributed by atoms with E-state index in [0.717, 1.165) is 17.2 Å². The van der Waals surface area contributed by atoms with E-state index in [1.165, 1.54) is 6.92 Å². The molecule has 6 heteroatoms. The number of hydrogen-bond donors (Lipinski definition) is 0. The summed E-state index contributed by atoms with van der Waals surface area (Å²) in [7, 11) is -1.90. The number of aromatic nitrogens is 1. The topological polar surface area (TPSA) is 69.3 Å². The van der Waals surface area contributed by atoms with Crippen LogP contribution in [0.2, 0.25) is 0 Å². The van der Waals surface area contributed by atoms with Gasteiger partial charge in [-0.05, 0) is 19.1 Å². The average Bonchev–Trinajstić information content (AvgIpc) is 2.62. The van der Waals surface area contributed by atoms with E-state index >= 15 is 0 Å². The highest BCUT2D eigenvalue weighted by Crippen LogP contribution is 2.28. The molecular formula is C14H13NO4S. The first-order valence-electron chi connectivity index (χ1n) is 6.03. The Morgan fingerprint density at radius 3 is 2.50 bits per heavy atom. The Morgan fingerprint density at radius 2 is 1.85 bits per heavy atom. The molecule has 5 nitrogen and oxygen atoms in total. The predicted octanol–water partition coefficient (Wildman–Crippen LogP) is 2.00. The maximum absolute atomic E-state index is 12.5. The molecule has 0 aliphatic heterocycles. The van der Waals surface area contributed by atoms with Crippen molar-refractivity contribution in [2.24, 2.45) is 7.05 Å². The Labute approximate surface area is 115 Å². The van der Waals surface area contributed by atoms with Gasteiger partial charge in [0.2, 0.25) is 5.43 Å². The molecule has 0 atom stereocenters. The van der Waals surface area contributed by atoms with Crippen LogP contribution < -0.4 is 5.43 Å². The number of nitrogens with zero attached hydrogens (tertiary/aromatic N) is 1. The normalized spacial score (nSPS) is 12.3. The van der Waals surface area contributed by atoms with E-state index in [0.29, 0.717) is 5.58 Å². The molecule has 3 aromatic rings. The summed E-state index contributed by atoms with van der Waals surface area (Å²) < 4.78 is 30.9. The van der Waals surface area contributed by atoms with Gasteiger partial charge in [0, 0.05) is 18.7 Å². The lowest BCUT2D eigenvalue weighted by Gasteiger charge is -2.03. The van der Waals surface area contributed by atoms with Crippen molar-refractivity contribution in [2.75, 3.05) is 6.26 Å². The van der Waals surface area contributed by atoms with Gasteiger partial charge in [0.25, 0.3) is 0 Å². The SMILES string of the molecule is Cc1oc2c3ccccc3n(C)c2c(=O)c1S(C)(=O)=O. The van der Waals surface area contributed by atoms with E-state index in [9.17, 15) is 13.2 Å². The largest absolute Gasteiger partial charge is 0.457 e. The molecule has 20 heavy (non-hydrogen) atoms. The van der Waals surface area contributed by atoms with Crippen LogP contribution in [0.5, 0.6) is 0 Å². The van der Waals surface area contributed by atoms with Crippen molar-refractivity contribution in [1.29, 1.82) is 0 Å². The lowest BCUT2D eigenvalue weighted by Crippen LogP contribution is -2.17. The minimum atomic E-state index is -3.63. The van der Waals surface area contributed by atoms with Crippen molar-refractivity contribution >= 4 is 31.8 Å². The Hall–Kier alpha value is -2.08. The highest BCUT2D eigenvalue weighted by Gasteiger charge is 2.23. The number of para-hydroxylation sites is 1. The molecule has 0 N–H and O–H groups in total. The molecule has 0 aliphatic carbocycles. The maximum Gasteiger partial charge on any atom is 0.228 e. The van der Waals surface area contributed by atoms with Crippen molar-refractivity contribution in [3.63, 3.8) is 0 Å². The average molecular weight is 291 g/mol. The van der Waals surface area contributed by atoms with Crippen LogP contribution in [0.1, 0.15) is 5.76 Å². The molecule has 2 heterocycles. The summed E-state index contributed by atoms with van der Waals surface area (Å²) >= 11 is 0. The number of hydrogen-bond acceptors (Lipinski definition) is 4. The van der Waals surface area contributed by atoms with Crippen LogP contribution in [0.4, 0.5) is 0 Å². The van der Waals surface area contributed by atoms with Gasteiger partial charge in [-0.15, -0.1) is 0 Å². The van der Waals surface area contributed by atoms with Gasteiger partial charge in [0.05, 0.1) is 5.52 Å². The Balaban J connectivity index is 2.68. The molecule has 0 aliphatic rings. The summed E-state index contributed by atoms with van der Waals surface area (Å²) in [6, 6.07) is 7.41. The van der Waals surface area contributed by atoms with Crippen molar-refractivity contribution in [3.8, 4) is 0 Å². The first kappa shape index (κ1) is 12.9. The molecular weight excluding hydrogens is 278 g/mol. The van der Waals surface area contributed by atoms with Gasteiger partial charge >= 0.3 is 0 Å². The summed E-state index contributed by atoms with van der Waals surface area (Å²) in [5, 5.41) is 0.797. The highest BCUT2D eigenvalue weighted by molar-refractivity contribution is 7.90. The zero-order valence-corrected chi connectivity index (χ0v) is 12.1. The molecule has 3 rings (SSSR count). The Bertz CT molecular complexity index is 1010. The van der Waals surface area contributed by atoms with Crippen LogP contribution in [0, 0.1) is 6.92 Å². The van der Waals surface area contributed by atoms with Crippen molar-refractivity contribution in [1.82, 2.24) is 4.57 Å². The quantitative estimate of drug-likeness (QED) is 0.687. The maximum atomic E-state index is 12.5. The van der Waals surface area contributed by atoms with Crippen molar-refractivity contribution in [3.05, 3.63) is 40.2 Å². The van der Waals surface area contributed by atoms with Crippen LogP contribution >= 0.6 is 0 Å². The second-order valence-electron chi connectivity index (χ2n) is 4.84. The molecule has 0 bridgehead atoms. The fourth-order valence-corrected chi connectivity index (χ4v) is 3.61. The molecule has 0 unspecified atom stereocenters. The number of rotatable bonds is 1. The molecule has 0 radical (unpaired) electrons. The molecule has 0 fully saturated rings. The van der Waals surface area contributed by atoms with E-state index in [1.807, 2.05) is 24.3 Å². The van der Waals surface area contributed by atoms with Gasteiger partial charge < -0.3 is 8.98 Å². The Kier molecular flexibility index (Phi) is 2.56. The zero-order valence-electron chi connectivity index (χ0n) is 11.3. The summed E-state index contributed by atoms with van der Waals surface area (Å²) in [5.41, 5.74) is 1.02. The standard InChI is InChI=1S/C14H13NO4S/c1-8-14(20(3,17)18)12(16)11-13(19-8)9-6-4-5-7-10(9)15(11)2/h4-7H,1-3H3. The lowest BCUT2D eigenvalue weighted by molar-refractivity contribution is 0.538. The van der Waals surface area contributed by atoms with E-state index in [4.69, 9.17) is 4.42 Å². The van der Waals surface area contributed by atoms with E-state index < -0.39 is 15.3 Å². The van der Waals surface area contributed by atoms with Gasteiger partial charge in [-0.25, -0.2) is 8.42 Å². The number of fused-ring (bicyclic) bond motifs is 3. The number of aryl methyl sites for hydroxylation is 2. The number of benzene rings is 1. The third-order valence-electron chi connectivity index (χ3n) is 3.43. The Morgan fingerprint density at radius 1 is 1.20 bits per heavy atom. The zero-order chi connectivity index (χ0) is 14.7. The minimum absolute atomic E-state index is 0.126. The third kappa shape index (κ3) is 1.61. The van der Waals surface area contributed by atoms with Gasteiger partial charge in [-0.1, -0.05) is 12.1 Å². The second kappa shape index (κ2) is 3.96.